The standard InChI is InChI=1S/C20H15ClIN3O2S/c1-23-10-15(12-6-4-3-5-7-12)13(9-18(23)26)16-11-24(2)20(27)19-14(16)8-17(21)25(19)28-22/h3-11H,1-2H3. The number of rotatable bonds is 3. The van der Waals surface area contributed by atoms with Gasteiger partial charge < -0.3 is 9.13 Å². The molecule has 0 radical (unpaired) electrons. The molecule has 0 amide bonds. The van der Waals surface area contributed by atoms with E-state index in [0.717, 1.165) is 27.6 Å². The zero-order valence-corrected chi connectivity index (χ0v) is 18.7. The van der Waals surface area contributed by atoms with Gasteiger partial charge in [0.15, 0.2) is 0 Å². The Balaban J connectivity index is 2.15. The zero-order chi connectivity index (χ0) is 20.0. The second-order valence-corrected chi connectivity index (χ2v) is 8.54. The first-order chi connectivity index (χ1) is 13.4. The maximum atomic E-state index is 12.8. The van der Waals surface area contributed by atoms with E-state index in [9.17, 15) is 9.59 Å². The third-order valence-corrected chi connectivity index (χ3v) is 6.80. The number of pyridine rings is 2. The molecule has 0 aliphatic heterocycles. The van der Waals surface area contributed by atoms with Gasteiger partial charge >= 0.3 is 0 Å². The van der Waals surface area contributed by atoms with Gasteiger partial charge in [-0.3, -0.25) is 13.6 Å². The lowest BCUT2D eigenvalue weighted by atomic mass is 9.95. The molecule has 0 saturated carbocycles. The van der Waals surface area contributed by atoms with Crippen LogP contribution >= 0.6 is 41.9 Å². The van der Waals surface area contributed by atoms with Crippen LogP contribution in [0.5, 0.6) is 0 Å². The highest BCUT2D eigenvalue weighted by molar-refractivity contribution is 14.2. The average molecular weight is 524 g/mol. The van der Waals surface area contributed by atoms with E-state index in [1.807, 2.05) is 36.5 Å². The van der Waals surface area contributed by atoms with Gasteiger partial charge in [0.2, 0.25) is 0 Å². The Morgan fingerprint density at radius 1 is 0.929 bits per heavy atom. The number of halogens is 2. The quantitative estimate of drug-likeness (QED) is 0.360. The van der Waals surface area contributed by atoms with Crippen molar-refractivity contribution in [2.24, 2.45) is 14.1 Å². The molecular weight excluding hydrogens is 509 g/mol. The van der Waals surface area contributed by atoms with Crippen LogP contribution in [0, 0.1) is 0 Å². The molecule has 142 valence electrons. The van der Waals surface area contributed by atoms with Gasteiger partial charge in [0.1, 0.15) is 10.7 Å². The fraction of sp³-hybridized carbons (Fsp3) is 0.100. The summed E-state index contributed by atoms with van der Waals surface area (Å²) in [6.07, 6.45) is 3.60. The number of aryl methyl sites for hydroxylation is 2. The number of hydrogen-bond acceptors (Lipinski definition) is 3. The maximum Gasteiger partial charge on any atom is 0.275 e. The van der Waals surface area contributed by atoms with Crippen LogP contribution in [0.15, 0.2) is 64.4 Å². The van der Waals surface area contributed by atoms with Gasteiger partial charge in [-0.05, 0) is 17.2 Å². The first kappa shape index (κ1) is 19.4. The summed E-state index contributed by atoms with van der Waals surface area (Å²) < 4.78 is 4.79. The van der Waals surface area contributed by atoms with Gasteiger partial charge in [-0.1, -0.05) is 41.9 Å². The molecule has 0 N–H and O–H groups in total. The van der Waals surface area contributed by atoms with Crippen LogP contribution in [0.25, 0.3) is 33.2 Å². The van der Waals surface area contributed by atoms with Crippen LogP contribution < -0.4 is 11.1 Å². The molecular formula is C20H15ClIN3O2S. The maximum absolute atomic E-state index is 12.8. The van der Waals surface area contributed by atoms with E-state index in [1.54, 1.807) is 41.0 Å². The molecule has 0 saturated heterocycles. The van der Waals surface area contributed by atoms with Gasteiger partial charge in [0.05, 0.1) is 0 Å². The molecule has 5 nitrogen and oxygen atoms in total. The normalized spacial score (nSPS) is 11.3. The van der Waals surface area contributed by atoms with Crippen molar-refractivity contribution in [3.8, 4) is 22.3 Å². The van der Waals surface area contributed by atoms with Crippen molar-refractivity contribution in [2.45, 2.75) is 0 Å². The summed E-state index contributed by atoms with van der Waals surface area (Å²) in [5.41, 5.74) is 3.70. The summed E-state index contributed by atoms with van der Waals surface area (Å²) in [7, 11) is 4.78. The molecule has 28 heavy (non-hydrogen) atoms. The molecule has 0 atom stereocenters. The monoisotopic (exact) mass is 523 g/mol. The van der Waals surface area contributed by atoms with E-state index >= 15 is 0 Å². The average Bonchev–Trinajstić information content (AvgIpc) is 3.03. The van der Waals surface area contributed by atoms with Gasteiger partial charge in [0, 0.05) is 79.4 Å². The molecule has 4 rings (SSSR count). The van der Waals surface area contributed by atoms with Crippen molar-refractivity contribution < 1.29 is 0 Å². The predicted molar refractivity (Wildman–Crippen MR) is 125 cm³/mol. The Labute approximate surface area is 182 Å². The Morgan fingerprint density at radius 3 is 2.29 bits per heavy atom. The zero-order valence-electron chi connectivity index (χ0n) is 15.0. The predicted octanol–water partition coefficient (Wildman–Crippen LogP) is 4.87. The van der Waals surface area contributed by atoms with Crippen LogP contribution in [0.2, 0.25) is 5.15 Å². The second-order valence-electron chi connectivity index (χ2n) is 6.47. The van der Waals surface area contributed by atoms with Crippen molar-refractivity contribution in [2.75, 3.05) is 0 Å². The highest BCUT2D eigenvalue weighted by atomic mass is 127. The Bertz CT molecular complexity index is 1330. The lowest BCUT2D eigenvalue weighted by molar-refractivity contribution is 0.860. The Hall–Kier alpha value is -1.97. The van der Waals surface area contributed by atoms with E-state index in [-0.39, 0.29) is 11.1 Å². The number of aromatic nitrogens is 3. The molecule has 8 heteroatoms. The summed E-state index contributed by atoms with van der Waals surface area (Å²) in [5, 5.41) is 1.19. The molecule has 4 aromatic rings. The molecule has 0 fully saturated rings. The fourth-order valence-corrected chi connectivity index (χ4v) is 5.58. The molecule has 3 heterocycles. The van der Waals surface area contributed by atoms with Crippen molar-refractivity contribution >= 4 is 52.8 Å². The van der Waals surface area contributed by atoms with Crippen molar-refractivity contribution in [1.29, 1.82) is 0 Å². The lowest BCUT2D eigenvalue weighted by Gasteiger charge is -2.14. The van der Waals surface area contributed by atoms with E-state index in [2.05, 4.69) is 21.2 Å². The second kappa shape index (κ2) is 7.46. The van der Waals surface area contributed by atoms with Crippen LogP contribution in [0.3, 0.4) is 0 Å². The summed E-state index contributed by atoms with van der Waals surface area (Å²) in [6.45, 7) is 0. The van der Waals surface area contributed by atoms with E-state index in [0.29, 0.717) is 10.7 Å². The molecule has 0 bridgehead atoms. The lowest BCUT2D eigenvalue weighted by Crippen LogP contribution is -2.19. The Kier molecular flexibility index (Phi) is 5.15. The minimum atomic E-state index is -0.139. The summed E-state index contributed by atoms with van der Waals surface area (Å²) in [5.74, 6) is 0. The number of benzene rings is 1. The highest BCUT2D eigenvalue weighted by Gasteiger charge is 2.19. The summed E-state index contributed by atoms with van der Waals surface area (Å²) >= 11 is 8.49. The van der Waals surface area contributed by atoms with Crippen LogP contribution in [0.1, 0.15) is 0 Å². The smallest absolute Gasteiger partial charge is 0.275 e. The Morgan fingerprint density at radius 2 is 1.61 bits per heavy atom. The fourth-order valence-electron chi connectivity index (χ4n) is 3.34. The number of nitrogens with zero attached hydrogens (tertiary/aromatic N) is 3. The highest BCUT2D eigenvalue weighted by Crippen LogP contribution is 2.38. The van der Waals surface area contributed by atoms with Crippen LogP contribution in [-0.2, 0) is 14.1 Å². The topological polar surface area (TPSA) is 48.9 Å². The molecule has 0 aliphatic rings. The number of fused-ring (bicyclic) bond motifs is 1. The SMILES string of the molecule is Cn1cc(-c2ccccc2)c(-c2cn(C)c(=O)c3c2cc(Cl)n3SI)cc1=O. The largest absolute Gasteiger partial charge is 0.318 e. The summed E-state index contributed by atoms with van der Waals surface area (Å²) in [6, 6.07) is 13.3. The van der Waals surface area contributed by atoms with E-state index < -0.39 is 0 Å². The minimum absolute atomic E-state index is 0.120. The minimum Gasteiger partial charge on any atom is -0.318 e. The van der Waals surface area contributed by atoms with Gasteiger partial charge in [-0.15, -0.1) is 0 Å². The molecule has 1 aromatic carbocycles. The van der Waals surface area contributed by atoms with Crippen molar-refractivity contribution in [3.63, 3.8) is 0 Å². The first-order valence-electron chi connectivity index (χ1n) is 8.38. The van der Waals surface area contributed by atoms with E-state index in [4.69, 9.17) is 11.6 Å². The third kappa shape index (κ3) is 3.11. The molecule has 0 spiro atoms. The first-order valence-corrected chi connectivity index (χ1v) is 12.1. The van der Waals surface area contributed by atoms with Gasteiger partial charge in [-0.25, -0.2) is 0 Å². The summed E-state index contributed by atoms with van der Waals surface area (Å²) in [4.78, 5) is 25.3. The number of hydrogen-bond donors (Lipinski definition) is 0. The van der Waals surface area contributed by atoms with E-state index in [1.165, 1.54) is 13.7 Å². The van der Waals surface area contributed by atoms with Crippen LogP contribution in [0.4, 0.5) is 0 Å². The molecule has 0 aliphatic carbocycles. The van der Waals surface area contributed by atoms with Crippen molar-refractivity contribution in [1.82, 2.24) is 13.1 Å². The molecule has 3 aromatic heterocycles. The van der Waals surface area contributed by atoms with Crippen LogP contribution in [-0.4, -0.2) is 13.1 Å². The molecule has 0 unspecified atom stereocenters. The van der Waals surface area contributed by atoms with Crippen molar-refractivity contribution in [3.05, 3.63) is 80.7 Å². The third-order valence-electron chi connectivity index (χ3n) is 4.72. The van der Waals surface area contributed by atoms with Gasteiger partial charge in [0.25, 0.3) is 11.1 Å². The van der Waals surface area contributed by atoms with Gasteiger partial charge in [-0.2, -0.15) is 0 Å².